The first kappa shape index (κ1) is 19.1. The Bertz CT molecular complexity index is 1110. The van der Waals surface area contributed by atoms with E-state index in [9.17, 15) is 0 Å². The molecule has 0 saturated heterocycles. The minimum atomic E-state index is 0.383. The number of aromatic nitrogens is 3. The molecule has 0 bridgehead atoms. The number of oxazole rings is 1. The van der Waals surface area contributed by atoms with Gasteiger partial charge in [-0.05, 0) is 31.2 Å². The monoisotopic (exact) mass is 409 g/mol. The fourth-order valence-corrected chi connectivity index (χ4v) is 3.51. The molecule has 0 fully saturated rings. The van der Waals surface area contributed by atoms with Gasteiger partial charge in [0, 0.05) is 17.4 Å². The zero-order chi connectivity index (χ0) is 20.2. The third-order valence-electron chi connectivity index (χ3n) is 4.29. The van der Waals surface area contributed by atoms with Crippen molar-refractivity contribution in [3.05, 3.63) is 60.0 Å². The second-order valence-electron chi connectivity index (χ2n) is 6.12. The maximum absolute atomic E-state index is 5.80. The van der Waals surface area contributed by atoms with E-state index in [4.69, 9.17) is 18.3 Å². The van der Waals surface area contributed by atoms with E-state index < -0.39 is 0 Å². The molecule has 0 spiro atoms. The molecule has 0 aliphatic carbocycles. The van der Waals surface area contributed by atoms with Gasteiger partial charge in [0.05, 0.1) is 25.5 Å². The maximum Gasteiger partial charge on any atom is 0.277 e. The lowest BCUT2D eigenvalue weighted by molar-refractivity contribution is 0.393. The molecule has 0 aliphatic rings. The van der Waals surface area contributed by atoms with Crippen molar-refractivity contribution >= 4 is 11.8 Å². The van der Waals surface area contributed by atoms with Crippen LogP contribution in [0.25, 0.3) is 22.9 Å². The van der Waals surface area contributed by atoms with E-state index >= 15 is 0 Å². The van der Waals surface area contributed by atoms with Crippen LogP contribution in [0.3, 0.4) is 0 Å². The van der Waals surface area contributed by atoms with Crippen molar-refractivity contribution < 1.29 is 18.3 Å². The van der Waals surface area contributed by atoms with Gasteiger partial charge in [0.15, 0.2) is 0 Å². The molecule has 0 radical (unpaired) electrons. The summed E-state index contributed by atoms with van der Waals surface area (Å²) in [6.45, 7) is 1.90. The summed E-state index contributed by atoms with van der Waals surface area (Å²) in [5.74, 6) is 3.61. The van der Waals surface area contributed by atoms with Gasteiger partial charge in [0.1, 0.15) is 17.3 Å². The average molecular weight is 409 g/mol. The van der Waals surface area contributed by atoms with Gasteiger partial charge in [-0.2, -0.15) is 0 Å². The fraction of sp³-hybridized carbons (Fsp3) is 0.190. The van der Waals surface area contributed by atoms with E-state index in [1.54, 1.807) is 20.3 Å². The Hall–Kier alpha value is -3.26. The molecule has 2 aromatic heterocycles. The normalized spacial score (nSPS) is 10.9. The van der Waals surface area contributed by atoms with Crippen molar-refractivity contribution in [2.75, 3.05) is 14.2 Å². The Morgan fingerprint density at radius 3 is 2.52 bits per heavy atom. The van der Waals surface area contributed by atoms with E-state index in [1.807, 2.05) is 49.4 Å². The standard InChI is InChI=1S/C21H19N3O4S/c1-13-17(22-19(27-13)14-7-5-4-6-8-14)12-29-21-24-23-20(28-21)16-10-9-15(25-2)11-18(16)26-3/h4-11H,12H2,1-3H3. The molecule has 4 rings (SSSR count). The van der Waals surface area contributed by atoms with Crippen molar-refractivity contribution in [2.24, 2.45) is 0 Å². The summed E-state index contributed by atoms with van der Waals surface area (Å²) in [6.07, 6.45) is 0. The largest absolute Gasteiger partial charge is 0.497 e. The summed E-state index contributed by atoms with van der Waals surface area (Å²) in [7, 11) is 3.19. The zero-order valence-electron chi connectivity index (χ0n) is 16.2. The van der Waals surface area contributed by atoms with Gasteiger partial charge >= 0.3 is 0 Å². The summed E-state index contributed by atoms with van der Waals surface area (Å²) >= 11 is 1.40. The summed E-state index contributed by atoms with van der Waals surface area (Å²) in [4.78, 5) is 4.60. The van der Waals surface area contributed by atoms with Crippen LogP contribution in [0.15, 0.2) is 62.6 Å². The number of aryl methyl sites for hydroxylation is 1. The molecule has 0 amide bonds. The number of benzene rings is 2. The van der Waals surface area contributed by atoms with Crippen LogP contribution >= 0.6 is 11.8 Å². The van der Waals surface area contributed by atoms with Gasteiger partial charge in [0.25, 0.3) is 11.1 Å². The highest BCUT2D eigenvalue weighted by Crippen LogP contribution is 2.34. The molecule has 0 N–H and O–H groups in total. The Morgan fingerprint density at radius 1 is 0.931 bits per heavy atom. The van der Waals surface area contributed by atoms with Crippen molar-refractivity contribution in [3.63, 3.8) is 0 Å². The number of methoxy groups -OCH3 is 2. The summed E-state index contributed by atoms with van der Waals surface area (Å²) in [5, 5.41) is 8.70. The predicted molar refractivity (Wildman–Crippen MR) is 109 cm³/mol. The molecule has 2 heterocycles. The molecule has 4 aromatic rings. The highest BCUT2D eigenvalue weighted by atomic mass is 32.2. The molecule has 0 unspecified atom stereocenters. The van der Waals surface area contributed by atoms with Gasteiger partial charge in [0.2, 0.25) is 5.89 Å². The lowest BCUT2D eigenvalue weighted by Gasteiger charge is -2.07. The number of ether oxygens (including phenoxy) is 2. The highest BCUT2D eigenvalue weighted by molar-refractivity contribution is 7.98. The van der Waals surface area contributed by atoms with Crippen LogP contribution in [0.1, 0.15) is 11.5 Å². The van der Waals surface area contributed by atoms with E-state index in [1.165, 1.54) is 11.8 Å². The van der Waals surface area contributed by atoms with Gasteiger partial charge in [-0.15, -0.1) is 10.2 Å². The molecule has 0 saturated carbocycles. The number of nitrogens with zero attached hydrogens (tertiary/aromatic N) is 3. The summed E-state index contributed by atoms with van der Waals surface area (Å²) in [5.41, 5.74) is 2.49. The fourth-order valence-electron chi connectivity index (χ4n) is 2.75. The first-order valence-corrected chi connectivity index (χ1v) is 9.87. The van der Waals surface area contributed by atoms with Crippen LogP contribution in [0.4, 0.5) is 0 Å². The highest BCUT2D eigenvalue weighted by Gasteiger charge is 2.17. The lowest BCUT2D eigenvalue weighted by atomic mass is 10.2. The van der Waals surface area contributed by atoms with Gasteiger partial charge < -0.3 is 18.3 Å². The Labute approximate surface area is 172 Å². The van der Waals surface area contributed by atoms with Crippen LogP contribution in [-0.4, -0.2) is 29.4 Å². The SMILES string of the molecule is COc1ccc(-c2nnc(SCc3nc(-c4ccccc4)oc3C)o2)c(OC)c1. The first-order chi connectivity index (χ1) is 14.2. The Kier molecular flexibility index (Phi) is 5.53. The van der Waals surface area contributed by atoms with Crippen molar-refractivity contribution in [1.82, 2.24) is 15.2 Å². The number of hydrogen-bond donors (Lipinski definition) is 0. The molecular formula is C21H19N3O4S. The molecule has 2 aromatic carbocycles. The van der Waals surface area contributed by atoms with Gasteiger partial charge in [-0.1, -0.05) is 30.0 Å². The van der Waals surface area contributed by atoms with Crippen LogP contribution in [0.2, 0.25) is 0 Å². The number of rotatable bonds is 7. The molecule has 7 nitrogen and oxygen atoms in total. The predicted octanol–water partition coefficient (Wildman–Crippen LogP) is 5.01. The minimum absolute atomic E-state index is 0.383. The third kappa shape index (κ3) is 4.12. The van der Waals surface area contributed by atoms with Crippen LogP contribution < -0.4 is 9.47 Å². The molecule has 0 atom stereocenters. The smallest absolute Gasteiger partial charge is 0.277 e. The van der Waals surface area contributed by atoms with Crippen molar-refractivity contribution in [2.45, 2.75) is 17.9 Å². The molecule has 0 aliphatic heterocycles. The molecule has 29 heavy (non-hydrogen) atoms. The summed E-state index contributed by atoms with van der Waals surface area (Å²) < 4.78 is 22.2. The second kappa shape index (κ2) is 8.40. The Balaban J connectivity index is 1.49. The van der Waals surface area contributed by atoms with Gasteiger partial charge in [-0.3, -0.25) is 0 Å². The van der Waals surface area contributed by atoms with Crippen molar-refractivity contribution in [1.29, 1.82) is 0 Å². The second-order valence-corrected chi connectivity index (χ2v) is 7.04. The van der Waals surface area contributed by atoms with Crippen molar-refractivity contribution in [3.8, 4) is 34.4 Å². The lowest BCUT2D eigenvalue weighted by Crippen LogP contribution is -1.90. The number of thioether (sulfide) groups is 1. The van der Waals surface area contributed by atoms with E-state index in [2.05, 4.69) is 15.2 Å². The number of hydrogen-bond acceptors (Lipinski definition) is 8. The molecule has 148 valence electrons. The first-order valence-electron chi connectivity index (χ1n) is 8.88. The van der Waals surface area contributed by atoms with E-state index in [0.29, 0.717) is 39.8 Å². The molecular weight excluding hydrogens is 390 g/mol. The quantitative estimate of drug-likeness (QED) is 0.394. The van der Waals surface area contributed by atoms with Crippen LogP contribution in [0.5, 0.6) is 11.5 Å². The van der Waals surface area contributed by atoms with E-state index in [0.717, 1.165) is 17.0 Å². The van der Waals surface area contributed by atoms with Gasteiger partial charge in [-0.25, -0.2) is 4.98 Å². The maximum atomic E-state index is 5.80. The minimum Gasteiger partial charge on any atom is -0.497 e. The van der Waals surface area contributed by atoms with Crippen LogP contribution in [-0.2, 0) is 5.75 Å². The van der Waals surface area contributed by atoms with Crippen LogP contribution in [0, 0.1) is 6.92 Å². The zero-order valence-corrected chi connectivity index (χ0v) is 17.0. The topological polar surface area (TPSA) is 83.4 Å². The van der Waals surface area contributed by atoms with E-state index in [-0.39, 0.29) is 0 Å². The molecule has 8 heteroatoms. The Morgan fingerprint density at radius 2 is 1.76 bits per heavy atom. The summed E-state index contributed by atoms with van der Waals surface area (Å²) in [6, 6.07) is 15.2. The third-order valence-corrected chi connectivity index (χ3v) is 5.12. The average Bonchev–Trinajstić information content (AvgIpc) is 3.39.